The molecule has 0 saturated carbocycles. The number of hydrogen-bond donors (Lipinski definition) is 1. The van der Waals surface area contributed by atoms with Gasteiger partial charge in [-0.3, -0.25) is 4.79 Å². The number of aliphatic imine (C=N–C) groups is 1. The Morgan fingerprint density at radius 2 is 1.69 bits per heavy atom. The third-order valence-corrected chi connectivity index (χ3v) is 7.12. The molecule has 1 amide bonds. The first-order chi connectivity index (χ1) is 17.4. The van der Waals surface area contributed by atoms with Gasteiger partial charge in [0.25, 0.3) is 5.91 Å². The maximum atomic E-state index is 12.8. The summed E-state index contributed by atoms with van der Waals surface area (Å²) in [4.78, 5) is 17.5. The minimum Gasteiger partial charge on any atom is -0.507 e. The van der Waals surface area contributed by atoms with Gasteiger partial charge in [-0.15, -0.1) is 0 Å². The number of aromatic hydroxyl groups is 1. The summed E-state index contributed by atoms with van der Waals surface area (Å²) in [5.41, 5.74) is 3.31. The maximum Gasteiger partial charge on any atom is 0.286 e. The zero-order valence-electron chi connectivity index (χ0n) is 19.5. The predicted octanol–water partition coefficient (Wildman–Crippen LogP) is 5.88. The van der Waals surface area contributed by atoms with E-state index in [4.69, 9.17) is 26.2 Å². The van der Waals surface area contributed by atoms with Gasteiger partial charge in [-0.2, -0.15) is 10.1 Å². The highest BCUT2D eigenvalue weighted by Crippen LogP contribution is 2.40. The van der Waals surface area contributed by atoms with Crippen molar-refractivity contribution in [3.63, 3.8) is 0 Å². The lowest BCUT2D eigenvalue weighted by Gasteiger charge is -2.22. The lowest BCUT2D eigenvalue weighted by atomic mass is 9.98. The number of carbonyl (C=O) groups excluding carboxylic acids is 1. The summed E-state index contributed by atoms with van der Waals surface area (Å²) in [6, 6.07) is 20.0. The molecule has 0 aliphatic carbocycles. The summed E-state index contributed by atoms with van der Waals surface area (Å²) >= 11 is 7.29. The van der Waals surface area contributed by atoms with Crippen molar-refractivity contribution >= 4 is 46.2 Å². The molecule has 0 aromatic heterocycles. The molecule has 0 spiro atoms. The van der Waals surface area contributed by atoms with Crippen LogP contribution in [-0.2, 0) is 4.79 Å². The van der Waals surface area contributed by atoms with Crippen molar-refractivity contribution in [1.82, 2.24) is 5.01 Å². The third kappa shape index (κ3) is 4.82. The monoisotopic (exact) mass is 519 g/mol. The number of thioether (sulfide) groups is 1. The van der Waals surface area contributed by atoms with Crippen LogP contribution in [-0.4, -0.2) is 41.1 Å². The van der Waals surface area contributed by atoms with E-state index in [0.717, 1.165) is 28.3 Å². The van der Waals surface area contributed by atoms with E-state index in [-0.39, 0.29) is 11.8 Å². The number of phenols is 1. The van der Waals surface area contributed by atoms with Gasteiger partial charge < -0.3 is 14.6 Å². The highest BCUT2D eigenvalue weighted by atomic mass is 35.5. The Hall–Kier alpha value is -3.75. The Morgan fingerprint density at radius 3 is 2.36 bits per heavy atom. The average molecular weight is 520 g/mol. The quantitative estimate of drug-likeness (QED) is 0.423. The van der Waals surface area contributed by atoms with Crippen molar-refractivity contribution in [2.45, 2.75) is 12.5 Å². The smallest absolute Gasteiger partial charge is 0.286 e. The summed E-state index contributed by atoms with van der Waals surface area (Å²) < 4.78 is 10.6. The van der Waals surface area contributed by atoms with E-state index in [0.29, 0.717) is 27.1 Å². The van der Waals surface area contributed by atoms with Crippen LogP contribution in [0.2, 0.25) is 5.02 Å². The Morgan fingerprint density at radius 1 is 1.03 bits per heavy atom. The summed E-state index contributed by atoms with van der Waals surface area (Å²) in [6.45, 7) is 0. The van der Waals surface area contributed by atoms with Crippen LogP contribution in [0.3, 0.4) is 0 Å². The minimum absolute atomic E-state index is 0.0332. The van der Waals surface area contributed by atoms with Gasteiger partial charge in [0, 0.05) is 17.0 Å². The van der Waals surface area contributed by atoms with E-state index in [2.05, 4.69) is 4.99 Å². The highest BCUT2D eigenvalue weighted by molar-refractivity contribution is 8.18. The molecule has 0 bridgehead atoms. The molecule has 0 fully saturated rings. The third-order valence-electron chi connectivity index (χ3n) is 5.92. The fraction of sp³-hybridized carbons (Fsp3) is 0.148. The largest absolute Gasteiger partial charge is 0.507 e. The SMILES string of the molecule is COc1ccc(C2=NN(C3=NC(=O)/C(=C/c4cc(Cl)ccc4O)S3)C(c3ccc(OC)cc3)C2)cc1. The average Bonchev–Trinajstić information content (AvgIpc) is 3.50. The second-order valence-electron chi connectivity index (χ2n) is 8.13. The zero-order valence-corrected chi connectivity index (χ0v) is 21.1. The standard InChI is InChI=1S/C27H22ClN3O4S/c1-34-20-8-3-16(4-9-20)22-15-23(17-5-10-21(35-2)11-6-17)31(30-22)27-29-26(33)25(36-27)14-18-13-19(28)7-12-24(18)32/h3-14,23,32H,15H2,1-2H3/b25-14-. The molecule has 0 saturated heterocycles. The molecule has 182 valence electrons. The first-order valence-corrected chi connectivity index (χ1v) is 12.3. The van der Waals surface area contributed by atoms with Gasteiger partial charge in [0.1, 0.15) is 17.2 Å². The van der Waals surface area contributed by atoms with Crippen molar-refractivity contribution in [3.8, 4) is 17.2 Å². The van der Waals surface area contributed by atoms with E-state index in [1.54, 1.807) is 37.4 Å². The topological polar surface area (TPSA) is 83.7 Å². The molecule has 1 atom stereocenters. The van der Waals surface area contributed by atoms with Crippen molar-refractivity contribution in [3.05, 3.63) is 93.3 Å². The summed E-state index contributed by atoms with van der Waals surface area (Å²) in [5, 5.41) is 17.8. The number of benzene rings is 3. The van der Waals surface area contributed by atoms with Gasteiger partial charge in [0.15, 0.2) is 5.17 Å². The lowest BCUT2D eigenvalue weighted by Crippen LogP contribution is -2.23. The second-order valence-corrected chi connectivity index (χ2v) is 9.57. The molecule has 7 nitrogen and oxygen atoms in total. The lowest BCUT2D eigenvalue weighted by molar-refractivity contribution is -0.113. The van der Waals surface area contributed by atoms with Crippen LogP contribution in [0.4, 0.5) is 0 Å². The molecule has 2 heterocycles. The highest BCUT2D eigenvalue weighted by Gasteiger charge is 2.36. The number of hydrogen-bond acceptors (Lipinski definition) is 7. The number of halogens is 1. The summed E-state index contributed by atoms with van der Waals surface area (Å²) in [6.07, 6.45) is 2.22. The zero-order chi connectivity index (χ0) is 25.2. The van der Waals surface area contributed by atoms with E-state index in [9.17, 15) is 9.90 Å². The number of ether oxygens (including phenoxy) is 2. The molecule has 1 N–H and O–H groups in total. The van der Waals surface area contributed by atoms with E-state index >= 15 is 0 Å². The Kier molecular flexibility index (Phi) is 6.71. The fourth-order valence-electron chi connectivity index (χ4n) is 4.01. The number of methoxy groups -OCH3 is 2. The van der Waals surface area contributed by atoms with Gasteiger partial charge in [-0.1, -0.05) is 23.7 Å². The first kappa shape index (κ1) is 24.0. The Labute approximate surface area is 217 Å². The first-order valence-electron chi connectivity index (χ1n) is 11.1. The molecule has 36 heavy (non-hydrogen) atoms. The van der Waals surface area contributed by atoms with Gasteiger partial charge in [0.05, 0.1) is 30.9 Å². The van der Waals surface area contributed by atoms with Gasteiger partial charge in [-0.05, 0) is 83.6 Å². The van der Waals surface area contributed by atoms with Crippen molar-refractivity contribution in [2.75, 3.05) is 14.2 Å². The van der Waals surface area contributed by atoms with E-state index < -0.39 is 5.91 Å². The Bertz CT molecular complexity index is 1400. The van der Waals surface area contributed by atoms with E-state index in [1.807, 2.05) is 48.5 Å². The van der Waals surface area contributed by atoms with Crippen molar-refractivity contribution < 1.29 is 19.4 Å². The Balaban J connectivity index is 1.48. The number of amides is 1. The number of phenolic OH excluding ortho intramolecular Hbond substituents is 1. The summed E-state index contributed by atoms with van der Waals surface area (Å²) in [7, 11) is 3.26. The van der Waals surface area contributed by atoms with Gasteiger partial charge >= 0.3 is 0 Å². The number of carbonyl (C=O) groups is 1. The van der Waals surface area contributed by atoms with Crippen LogP contribution < -0.4 is 9.47 Å². The number of hydrazone groups is 1. The summed E-state index contributed by atoms with van der Waals surface area (Å²) in [5.74, 6) is 1.16. The van der Waals surface area contributed by atoms with Crippen LogP contribution >= 0.6 is 23.4 Å². The van der Waals surface area contributed by atoms with Crippen LogP contribution in [0.5, 0.6) is 17.2 Å². The molecule has 2 aliphatic rings. The van der Waals surface area contributed by atoms with Crippen molar-refractivity contribution in [2.24, 2.45) is 10.1 Å². The number of amidine groups is 1. The molecule has 9 heteroatoms. The molecular weight excluding hydrogens is 498 g/mol. The fourth-order valence-corrected chi connectivity index (χ4v) is 5.09. The van der Waals surface area contributed by atoms with Gasteiger partial charge in [-0.25, -0.2) is 5.01 Å². The molecule has 0 radical (unpaired) electrons. The predicted molar refractivity (Wildman–Crippen MR) is 143 cm³/mol. The molecular formula is C27H22ClN3O4S. The van der Waals surface area contributed by atoms with E-state index in [1.165, 1.54) is 17.8 Å². The van der Waals surface area contributed by atoms with Crippen LogP contribution in [0, 0.1) is 0 Å². The minimum atomic E-state index is -0.393. The molecule has 1 unspecified atom stereocenters. The second kappa shape index (κ2) is 10.1. The molecule has 3 aromatic rings. The van der Waals surface area contributed by atoms with Crippen LogP contribution in [0.1, 0.15) is 29.2 Å². The van der Waals surface area contributed by atoms with Crippen LogP contribution in [0.15, 0.2) is 81.7 Å². The number of nitrogens with zero attached hydrogens (tertiary/aromatic N) is 3. The van der Waals surface area contributed by atoms with Crippen molar-refractivity contribution in [1.29, 1.82) is 0 Å². The maximum absolute atomic E-state index is 12.8. The molecule has 5 rings (SSSR count). The normalized spacial score (nSPS) is 18.4. The van der Waals surface area contributed by atoms with Crippen LogP contribution in [0.25, 0.3) is 6.08 Å². The number of rotatable bonds is 5. The molecule has 2 aliphatic heterocycles. The molecule has 3 aromatic carbocycles. The van der Waals surface area contributed by atoms with Gasteiger partial charge in [0.2, 0.25) is 0 Å².